The summed E-state index contributed by atoms with van der Waals surface area (Å²) in [6.45, 7) is 0.995. The lowest BCUT2D eigenvalue weighted by Crippen LogP contribution is -2.24. The molecule has 0 radical (unpaired) electrons. The molecule has 0 aliphatic carbocycles. The Hall–Kier alpha value is -2.99. The van der Waals surface area contributed by atoms with Gasteiger partial charge in [-0.2, -0.15) is 0 Å². The summed E-state index contributed by atoms with van der Waals surface area (Å²) >= 11 is 0. The van der Waals surface area contributed by atoms with Crippen LogP contribution in [0.2, 0.25) is 0 Å². The molecular formula is C20H17F2NO3. The third kappa shape index (κ3) is 4.77. The summed E-state index contributed by atoms with van der Waals surface area (Å²) in [5.41, 5.74) is 1.60. The van der Waals surface area contributed by atoms with Crippen LogP contribution >= 0.6 is 0 Å². The third-order valence-corrected chi connectivity index (χ3v) is 3.71. The fourth-order valence-electron chi connectivity index (χ4n) is 2.44. The number of carbonyl (C=O) groups excluding carboxylic acids is 1. The number of hydrogen-bond acceptors (Lipinski definition) is 3. The van der Waals surface area contributed by atoms with Crippen LogP contribution in [-0.2, 0) is 24.5 Å². The molecule has 0 aliphatic rings. The van der Waals surface area contributed by atoms with E-state index in [1.165, 1.54) is 0 Å². The number of furan rings is 1. The van der Waals surface area contributed by atoms with Gasteiger partial charge in [0, 0.05) is 12.6 Å². The van der Waals surface area contributed by atoms with Gasteiger partial charge >= 0.3 is 0 Å². The van der Waals surface area contributed by atoms with E-state index in [1.807, 2.05) is 30.3 Å². The van der Waals surface area contributed by atoms with Gasteiger partial charge in [0.2, 0.25) is 0 Å². The number of carbonyl (C=O) groups is 1. The van der Waals surface area contributed by atoms with E-state index in [2.05, 4.69) is 5.32 Å². The van der Waals surface area contributed by atoms with Crippen LogP contribution in [0.3, 0.4) is 0 Å². The highest BCUT2D eigenvalue weighted by Gasteiger charge is 2.12. The van der Waals surface area contributed by atoms with Gasteiger partial charge in [-0.25, -0.2) is 8.78 Å². The number of halogens is 2. The zero-order valence-corrected chi connectivity index (χ0v) is 13.9. The maximum Gasteiger partial charge on any atom is 0.254 e. The first-order valence-electron chi connectivity index (χ1n) is 8.03. The van der Waals surface area contributed by atoms with Crippen LogP contribution in [0.1, 0.15) is 27.2 Å². The predicted octanol–water partition coefficient (Wildman–Crippen LogP) is 4.20. The summed E-state index contributed by atoms with van der Waals surface area (Å²) in [6, 6.07) is 14.0. The van der Waals surface area contributed by atoms with Crippen LogP contribution in [0.25, 0.3) is 0 Å². The van der Waals surface area contributed by atoms with E-state index < -0.39 is 17.5 Å². The topological polar surface area (TPSA) is 51.5 Å². The molecule has 1 amide bonds. The van der Waals surface area contributed by atoms with Crippen LogP contribution in [0.4, 0.5) is 8.78 Å². The molecule has 0 spiro atoms. The second-order valence-corrected chi connectivity index (χ2v) is 5.70. The molecule has 0 aliphatic heterocycles. The van der Waals surface area contributed by atoms with E-state index >= 15 is 0 Å². The summed E-state index contributed by atoms with van der Waals surface area (Å²) in [6.07, 6.45) is 1.59. The summed E-state index contributed by atoms with van der Waals surface area (Å²) < 4.78 is 37.3. The minimum Gasteiger partial charge on any atom is -0.467 e. The quantitative estimate of drug-likeness (QED) is 0.689. The normalized spacial score (nSPS) is 10.7. The van der Waals surface area contributed by atoms with Crippen LogP contribution < -0.4 is 5.32 Å². The van der Waals surface area contributed by atoms with Gasteiger partial charge in [-0.3, -0.25) is 4.79 Å². The Balaban J connectivity index is 1.54. The van der Waals surface area contributed by atoms with Gasteiger partial charge in [-0.1, -0.05) is 24.3 Å². The Morgan fingerprint density at radius 1 is 1.00 bits per heavy atom. The minimum absolute atomic E-state index is 0.190. The minimum atomic E-state index is -0.887. The van der Waals surface area contributed by atoms with E-state index in [0.29, 0.717) is 19.3 Å². The van der Waals surface area contributed by atoms with Crippen molar-refractivity contribution in [3.63, 3.8) is 0 Å². The van der Waals surface area contributed by atoms with Gasteiger partial charge < -0.3 is 14.5 Å². The van der Waals surface area contributed by atoms with Gasteiger partial charge in [-0.05, 0) is 35.4 Å². The lowest BCUT2D eigenvalue weighted by Gasteiger charge is -2.08. The third-order valence-electron chi connectivity index (χ3n) is 3.71. The van der Waals surface area contributed by atoms with E-state index in [1.54, 1.807) is 12.3 Å². The number of ether oxygens (including phenoxy) is 1. The first-order chi connectivity index (χ1) is 12.6. The van der Waals surface area contributed by atoms with Crippen LogP contribution in [-0.4, -0.2) is 5.91 Å². The second-order valence-electron chi connectivity index (χ2n) is 5.70. The molecule has 0 unspecified atom stereocenters. The van der Waals surface area contributed by atoms with Gasteiger partial charge in [0.25, 0.3) is 5.91 Å². The maximum atomic E-state index is 13.6. The van der Waals surface area contributed by atoms with Crippen LogP contribution in [0.15, 0.2) is 65.3 Å². The van der Waals surface area contributed by atoms with Crippen LogP contribution in [0, 0.1) is 11.6 Å². The van der Waals surface area contributed by atoms with Crippen molar-refractivity contribution < 1.29 is 22.7 Å². The Morgan fingerprint density at radius 2 is 1.85 bits per heavy atom. The Morgan fingerprint density at radius 3 is 2.62 bits per heavy atom. The number of benzene rings is 2. The zero-order valence-electron chi connectivity index (χ0n) is 13.9. The standard InChI is InChI=1S/C20H17F2NO3/c21-16-6-7-18(19(22)10-16)20(24)23-11-14-3-1-4-15(9-14)12-25-13-17-5-2-8-26-17/h1-10H,11-13H2,(H,23,24). The van der Waals surface area contributed by atoms with Crippen molar-refractivity contribution in [2.45, 2.75) is 19.8 Å². The highest BCUT2D eigenvalue weighted by Crippen LogP contribution is 2.11. The van der Waals surface area contributed by atoms with Gasteiger partial charge in [-0.15, -0.1) is 0 Å². The van der Waals surface area contributed by atoms with Crippen molar-refractivity contribution in [1.82, 2.24) is 5.32 Å². The van der Waals surface area contributed by atoms with E-state index in [-0.39, 0.29) is 12.1 Å². The number of nitrogens with one attached hydrogen (secondary N) is 1. The molecular weight excluding hydrogens is 340 g/mol. The molecule has 26 heavy (non-hydrogen) atoms. The molecule has 0 saturated carbocycles. The largest absolute Gasteiger partial charge is 0.467 e. The van der Waals surface area contributed by atoms with Crippen molar-refractivity contribution in [3.05, 3.63) is 94.9 Å². The fourth-order valence-corrected chi connectivity index (χ4v) is 2.44. The molecule has 6 heteroatoms. The summed E-state index contributed by atoms with van der Waals surface area (Å²) in [4.78, 5) is 12.0. The zero-order chi connectivity index (χ0) is 18.4. The molecule has 0 saturated heterocycles. The van der Waals surface area contributed by atoms with E-state index in [0.717, 1.165) is 29.0 Å². The second kappa shape index (κ2) is 8.40. The Labute approximate surface area is 149 Å². The summed E-state index contributed by atoms with van der Waals surface area (Å²) in [7, 11) is 0. The lowest BCUT2D eigenvalue weighted by atomic mass is 10.1. The van der Waals surface area contributed by atoms with Crippen molar-refractivity contribution in [1.29, 1.82) is 0 Å². The number of hydrogen-bond donors (Lipinski definition) is 1. The molecule has 1 heterocycles. The molecule has 134 valence electrons. The molecule has 0 fully saturated rings. The smallest absolute Gasteiger partial charge is 0.254 e. The van der Waals surface area contributed by atoms with Crippen molar-refractivity contribution >= 4 is 5.91 Å². The Bertz CT molecular complexity index is 879. The monoisotopic (exact) mass is 357 g/mol. The molecule has 1 N–H and O–H groups in total. The van der Waals surface area contributed by atoms with Crippen molar-refractivity contribution in [2.24, 2.45) is 0 Å². The molecule has 0 bridgehead atoms. The van der Waals surface area contributed by atoms with Gasteiger partial charge in [0.15, 0.2) is 0 Å². The molecule has 4 nitrogen and oxygen atoms in total. The van der Waals surface area contributed by atoms with E-state index in [4.69, 9.17) is 9.15 Å². The average molecular weight is 357 g/mol. The van der Waals surface area contributed by atoms with Crippen molar-refractivity contribution in [3.8, 4) is 0 Å². The molecule has 2 aromatic carbocycles. The predicted molar refractivity (Wildman–Crippen MR) is 91.2 cm³/mol. The first-order valence-corrected chi connectivity index (χ1v) is 8.03. The van der Waals surface area contributed by atoms with Crippen molar-refractivity contribution in [2.75, 3.05) is 0 Å². The molecule has 3 rings (SSSR count). The number of rotatable bonds is 7. The summed E-state index contributed by atoms with van der Waals surface area (Å²) in [5, 5.41) is 2.62. The molecule has 0 atom stereocenters. The highest BCUT2D eigenvalue weighted by atomic mass is 19.1. The van der Waals surface area contributed by atoms with Crippen LogP contribution in [0.5, 0.6) is 0 Å². The maximum absolute atomic E-state index is 13.6. The fraction of sp³-hybridized carbons (Fsp3) is 0.150. The Kier molecular flexibility index (Phi) is 5.76. The molecule has 1 aromatic heterocycles. The SMILES string of the molecule is O=C(NCc1cccc(COCc2ccco2)c1)c1ccc(F)cc1F. The molecule has 3 aromatic rings. The first kappa shape index (κ1) is 17.8. The van der Waals surface area contributed by atoms with Gasteiger partial charge in [0.1, 0.15) is 24.0 Å². The number of amides is 1. The van der Waals surface area contributed by atoms with Gasteiger partial charge in [0.05, 0.1) is 18.4 Å². The summed E-state index contributed by atoms with van der Waals surface area (Å²) in [5.74, 6) is -1.46. The average Bonchev–Trinajstić information content (AvgIpc) is 3.13. The highest BCUT2D eigenvalue weighted by molar-refractivity contribution is 5.94. The lowest BCUT2D eigenvalue weighted by molar-refractivity contribution is 0.0928. The van der Waals surface area contributed by atoms with E-state index in [9.17, 15) is 13.6 Å².